The predicted molar refractivity (Wildman–Crippen MR) is 111 cm³/mol. The molecule has 1 aromatic rings. The number of rotatable bonds is 4. The molecule has 3 aliphatic rings. The number of benzene rings is 1. The smallest absolute Gasteiger partial charge is 0.191 e. The topological polar surface area (TPSA) is 36.4 Å². The third kappa shape index (κ3) is 3.63. The van der Waals surface area contributed by atoms with Gasteiger partial charge in [-0.25, -0.2) is 0 Å². The van der Waals surface area contributed by atoms with Gasteiger partial charge in [-0.05, 0) is 61.5 Å². The lowest BCUT2D eigenvalue weighted by molar-refractivity contribution is 0.619. The molecule has 1 fully saturated rings. The summed E-state index contributed by atoms with van der Waals surface area (Å²) in [6.45, 7) is 4.02. The molecule has 0 radical (unpaired) electrons. The maximum absolute atomic E-state index is 4.90. The number of nitrogens with one attached hydrogen (secondary N) is 2. The van der Waals surface area contributed by atoms with Gasteiger partial charge in [0, 0.05) is 19.1 Å². The van der Waals surface area contributed by atoms with Crippen LogP contribution < -0.4 is 10.6 Å². The summed E-state index contributed by atoms with van der Waals surface area (Å²) in [4.78, 5) is 4.90. The molecule has 3 unspecified atom stereocenters. The van der Waals surface area contributed by atoms with E-state index in [1.807, 2.05) is 0 Å². The van der Waals surface area contributed by atoms with Gasteiger partial charge in [0.1, 0.15) is 0 Å². The molecule has 1 aromatic carbocycles. The molecule has 3 atom stereocenters. The van der Waals surface area contributed by atoms with Gasteiger partial charge < -0.3 is 10.6 Å². The van der Waals surface area contributed by atoms with Crippen LogP contribution in [0.3, 0.4) is 0 Å². The first-order valence-electron chi connectivity index (χ1n) is 9.14. The van der Waals surface area contributed by atoms with Gasteiger partial charge in [-0.1, -0.05) is 36.4 Å². The number of nitrogens with zero attached hydrogens (tertiary/aromatic N) is 1. The number of halogens is 1. The lowest BCUT2D eigenvalue weighted by Gasteiger charge is -2.16. The number of aryl methyl sites for hydroxylation is 1. The maximum atomic E-state index is 4.90. The zero-order valence-corrected chi connectivity index (χ0v) is 16.7. The molecular weight excluding hydrogens is 409 g/mol. The van der Waals surface area contributed by atoms with Crippen molar-refractivity contribution in [3.8, 4) is 0 Å². The van der Waals surface area contributed by atoms with Gasteiger partial charge in [0.15, 0.2) is 5.96 Å². The van der Waals surface area contributed by atoms with E-state index in [0.29, 0.717) is 6.04 Å². The fourth-order valence-electron chi connectivity index (χ4n) is 4.40. The van der Waals surface area contributed by atoms with Crippen LogP contribution in [-0.2, 0) is 6.42 Å². The van der Waals surface area contributed by atoms with E-state index in [2.05, 4.69) is 54.0 Å². The van der Waals surface area contributed by atoms with E-state index < -0.39 is 0 Å². The van der Waals surface area contributed by atoms with Gasteiger partial charge in [0.25, 0.3) is 0 Å². The van der Waals surface area contributed by atoms with Crippen molar-refractivity contribution in [1.82, 2.24) is 10.6 Å². The molecule has 1 saturated carbocycles. The minimum atomic E-state index is 0. The Morgan fingerprint density at radius 1 is 1.21 bits per heavy atom. The van der Waals surface area contributed by atoms with Gasteiger partial charge in [0.05, 0.1) is 0 Å². The van der Waals surface area contributed by atoms with Crippen LogP contribution in [0, 0.1) is 11.8 Å². The number of hydrogen-bond acceptors (Lipinski definition) is 1. The zero-order valence-electron chi connectivity index (χ0n) is 14.4. The summed E-state index contributed by atoms with van der Waals surface area (Å²) in [6.07, 6.45) is 9.35. The Hall–Kier alpha value is -1.04. The molecule has 0 bridgehead atoms. The van der Waals surface area contributed by atoms with Crippen molar-refractivity contribution >= 4 is 29.9 Å². The molecule has 0 saturated heterocycles. The molecule has 0 aliphatic heterocycles. The van der Waals surface area contributed by atoms with Crippen LogP contribution in [0.15, 0.2) is 41.4 Å². The number of hydrogen-bond donors (Lipinski definition) is 2. The third-order valence-electron chi connectivity index (χ3n) is 5.65. The summed E-state index contributed by atoms with van der Waals surface area (Å²) in [6, 6.07) is 9.54. The van der Waals surface area contributed by atoms with Crippen molar-refractivity contribution in [3.63, 3.8) is 0 Å². The Bertz CT molecular complexity index is 617. The molecule has 0 spiro atoms. The van der Waals surface area contributed by atoms with Crippen molar-refractivity contribution in [2.24, 2.45) is 16.8 Å². The summed E-state index contributed by atoms with van der Waals surface area (Å²) in [7, 11) is 0. The molecule has 0 amide bonds. The van der Waals surface area contributed by atoms with Gasteiger partial charge in [-0.2, -0.15) is 0 Å². The molecular formula is C20H28IN3. The Morgan fingerprint density at radius 2 is 2.00 bits per heavy atom. The van der Waals surface area contributed by atoms with E-state index in [1.165, 1.54) is 12.8 Å². The quantitative estimate of drug-likeness (QED) is 0.325. The van der Waals surface area contributed by atoms with Crippen molar-refractivity contribution in [3.05, 3.63) is 47.5 Å². The molecule has 2 N–H and O–H groups in total. The van der Waals surface area contributed by atoms with Crippen molar-refractivity contribution < 1.29 is 0 Å². The van der Waals surface area contributed by atoms with Gasteiger partial charge in [0.2, 0.25) is 0 Å². The lowest BCUT2D eigenvalue weighted by atomic mass is 9.92. The molecule has 3 nitrogen and oxygen atoms in total. The number of fused-ring (bicyclic) bond motifs is 3. The molecule has 130 valence electrons. The van der Waals surface area contributed by atoms with E-state index in [-0.39, 0.29) is 24.0 Å². The van der Waals surface area contributed by atoms with E-state index in [4.69, 9.17) is 4.99 Å². The normalized spacial score (nSPS) is 27.9. The predicted octanol–water partition coefficient (Wildman–Crippen LogP) is 3.85. The first-order chi connectivity index (χ1) is 11.4. The second kappa shape index (κ2) is 7.89. The largest absolute Gasteiger partial charge is 0.357 e. The van der Waals surface area contributed by atoms with Crippen molar-refractivity contribution in [2.75, 3.05) is 13.1 Å². The highest BCUT2D eigenvalue weighted by atomic mass is 127. The van der Waals surface area contributed by atoms with E-state index in [1.54, 1.807) is 11.1 Å². The third-order valence-corrected chi connectivity index (χ3v) is 5.65. The molecule has 0 aromatic heterocycles. The summed E-state index contributed by atoms with van der Waals surface area (Å²) in [5.41, 5.74) is 3.17. The van der Waals surface area contributed by atoms with Crippen LogP contribution in [0.2, 0.25) is 0 Å². The van der Waals surface area contributed by atoms with Crippen LogP contribution in [0.4, 0.5) is 0 Å². The highest BCUT2D eigenvalue weighted by Crippen LogP contribution is 2.59. The SMILES string of the molecule is CCNC(=NCC1C2CCc3ccccc3C21)NC1CC=CC1.I. The van der Waals surface area contributed by atoms with Crippen LogP contribution in [0.1, 0.15) is 43.2 Å². The summed E-state index contributed by atoms with van der Waals surface area (Å²) < 4.78 is 0. The molecule has 4 rings (SSSR count). The summed E-state index contributed by atoms with van der Waals surface area (Å²) in [5, 5.41) is 6.98. The molecule has 3 aliphatic carbocycles. The van der Waals surface area contributed by atoms with Gasteiger partial charge in [-0.15, -0.1) is 24.0 Å². The lowest BCUT2D eigenvalue weighted by Crippen LogP contribution is -2.42. The summed E-state index contributed by atoms with van der Waals surface area (Å²) >= 11 is 0. The van der Waals surface area contributed by atoms with Crippen molar-refractivity contribution in [2.45, 2.75) is 44.6 Å². The first kappa shape index (κ1) is 17.8. The highest BCUT2D eigenvalue weighted by Gasteiger charge is 2.52. The molecule has 4 heteroatoms. The highest BCUT2D eigenvalue weighted by molar-refractivity contribution is 14.0. The van der Waals surface area contributed by atoms with E-state index in [9.17, 15) is 0 Å². The number of aliphatic imine (C=N–C) groups is 1. The fraction of sp³-hybridized carbons (Fsp3) is 0.550. The molecule has 0 heterocycles. The second-order valence-corrected chi connectivity index (χ2v) is 7.09. The van der Waals surface area contributed by atoms with Gasteiger partial charge in [-0.3, -0.25) is 4.99 Å². The maximum Gasteiger partial charge on any atom is 0.191 e. The van der Waals surface area contributed by atoms with Crippen LogP contribution >= 0.6 is 24.0 Å². The average molecular weight is 437 g/mol. The average Bonchev–Trinajstić information content (AvgIpc) is 3.06. The second-order valence-electron chi connectivity index (χ2n) is 7.09. The Morgan fingerprint density at radius 3 is 2.79 bits per heavy atom. The van der Waals surface area contributed by atoms with Crippen LogP contribution in [0.25, 0.3) is 0 Å². The van der Waals surface area contributed by atoms with Crippen LogP contribution in [-0.4, -0.2) is 25.1 Å². The van der Waals surface area contributed by atoms with E-state index >= 15 is 0 Å². The standard InChI is InChI=1S/C20H27N3.HI/c1-2-21-20(23-15-8-4-5-9-15)22-13-18-17-12-11-14-7-3-6-10-16(14)19(17)18;/h3-7,10,15,17-19H,2,8-9,11-13H2,1H3,(H2,21,22,23);1H. The monoisotopic (exact) mass is 437 g/mol. The molecule has 24 heavy (non-hydrogen) atoms. The Labute approximate surface area is 162 Å². The minimum Gasteiger partial charge on any atom is -0.357 e. The Kier molecular flexibility index (Phi) is 5.85. The van der Waals surface area contributed by atoms with Crippen molar-refractivity contribution in [1.29, 1.82) is 0 Å². The van der Waals surface area contributed by atoms with Crippen LogP contribution in [0.5, 0.6) is 0 Å². The zero-order chi connectivity index (χ0) is 15.6. The summed E-state index contributed by atoms with van der Waals surface area (Å²) in [5.74, 6) is 3.37. The van der Waals surface area contributed by atoms with Gasteiger partial charge >= 0.3 is 0 Å². The minimum absolute atomic E-state index is 0. The Balaban J connectivity index is 0.00000169. The first-order valence-corrected chi connectivity index (χ1v) is 9.14. The number of guanidine groups is 1. The fourth-order valence-corrected chi connectivity index (χ4v) is 4.40. The van der Waals surface area contributed by atoms with E-state index in [0.717, 1.165) is 49.6 Å².